The number of amides is 2. The lowest BCUT2D eigenvalue weighted by molar-refractivity contribution is -0.127. The number of carbonyl (C=O) groups is 4. The van der Waals surface area contributed by atoms with Crippen molar-refractivity contribution in [1.29, 1.82) is 0 Å². The molecule has 0 unspecified atom stereocenters. The zero-order valence-electron chi connectivity index (χ0n) is 19.6. The van der Waals surface area contributed by atoms with Crippen LogP contribution in [0.25, 0.3) is 22.3 Å². The summed E-state index contributed by atoms with van der Waals surface area (Å²) in [6.07, 6.45) is 1.24. The third-order valence-corrected chi connectivity index (χ3v) is 6.13. The molecule has 37 heavy (non-hydrogen) atoms. The van der Waals surface area contributed by atoms with Gasteiger partial charge in [-0.1, -0.05) is 23.4 Å². The Labute approximate surface area is 208 Å². The number of nitrogens with one attached hydrogen (secondary N) is 1. The molecule has 1 aliphatic rings. The van der Waals surface area contributed by atoms with Crippen LogP contribution in [0.15, 0.2) is 53.2 Å². The van der Waals surface area contributed by atoms with Crippen LogP contribution < -0.4 is 0 Å². The summed E-state index contributed by atoms with van der Waals surface area (Å²) in [5.74, 6) is -3.84. The number of ether oxygens (including phenoxy) is 1. The van der Waals surface area contributed by atoms with E-state index in [4.69, 9.17) is 4.52 Å². The minimum absolute atomic E-state index is 0.0308. The lowest BCUT2D eigenvalue weighted by Gasteiger charge is -2.34. The summed E-state index contributed by atoms with van der Waals surface area (Å²) >= 11 is 0. The predicted molar refractivity (Wildman–Crippen MR) is 126 cm³/mol. The first-order valence-electron chi connectivity index (χ1n) is 11.3. The highest BCUT2D eigenvalue weighted by Crippen LogP contribution is 2.31. The lowest BCUT2D eigenvalue weighted by atomic mass is 10.0. The summed E-state index contributed by atoms with van der Waals surface area (Å²) in [5.41, 5.74) is 0.809. The van der Waals surface area contributed by atoms with Crippen molar-refractivity contribution in [3.05, 3.63) is 71.5 Å². The summed E-state index contributed by atoms with van der Waals surface area (Å²) in [7, 11) is 1.16. The van der Waals surface area contributed by atoms with E-state index in [1.165, 1.54) is 17.2 Å². The van der Waals surface area contributed by atoms with Crippen molar-refractivity contribution in [3.8, 4) is 11.4 Å². The maximum atomic E-state index is 14.9. The average Bonchev–Trinajstić information content (AvgIpc) is 3.61. The van der Waals surface area contributed by atoms with Gasteiger partial charge in [-0.25, -0.2) is 9.18 Å². The van der Waals surface area contributed by atoms with Crippen LogP contribution in [0.3, 0.4) is 0 Å². The molecule has 5 rings (SSSR count). The molecule has 1 fully saturated rings. The van der Waals surface area contributed by atoms with Gasteiger partial charge in [-0.2, -0.15) is 4.98 Å². The maximum Gasteiger partial charge on any atom is 0.397 e. The zero-order chi connectivity index (χ0) is 26.1. The highest BCUT2D eigenvalue weighted by Gasteiger charge is 2.31. The number of hydrogen-bond acceptors (Lipinski definition) is 8. The molecule has 12 heteroatoms. The summed E-state index contributed by atoms with van der Waals surface area (Å²) in [6, 6.07) is 11.3. The molecule has 11 nitrogen and oxygen atoms in total. The van der Waals surface area contributed by atoms with E-state index in [2.05, 4.69) is 19.9 Å². The third-order valence-electron chi connectivity index (χ3n) is 6.13. The molecule has 0 bridgehead atoms. The number of Topliss-reactive ketones (excluding diaryl/α,β-unsaturated/α-hetero) is 1. The molecule has 188 valence electrons. The number of methoxy groups -OCH3 is 1. The molecule has 0 radical (unpaired) electrons. The van der Waals surface area contributed by atoms with Gasteiger partial charge in [0.05, 0.1) is 18.2 Å². The van der Waals surface area contributed by atoms with Crippen LogP contribution in [-0.4, -0.2) is 81.8 Å². The average molecular weight is 505 g/mol. The first kappa shape index (κ1) is 23.9. The van der Waals surface area contributed by atoms with E-state index in [9.17, 15) is 23.6 Å². The molecular weight excluding hydrogens is 485 g/mol. The standard InChI is InChI=1S/C25H20FN5O6/c1-36-25(35)22-28-21(29-37-22)15-7-8-17(26)18-16(13-27-19(15)18)20(32)24(34)31-11-9-30(10-12-31)23(33)14-5-3-2-4-6-14/h2-8,13,27H,9-12H2,1H3. The van der Waals surface area contributed by atoms with Gasteiger partial charge in [-0.3, -0.25) is 14.4 Å². The number of hydrogen-bond donors (Lipinski definition) is 1. The van der Waals surface area contributed by atoms with Crippen LogP contribution in [0.5, 0.6) is 0 Å². The van der Waals surface area contributed by atoms with Gasteiger partial charge in [-0.15, -0.1) is 0 Å². The fraction of sp³-hybridized carbons (Fsp3) is 0.200. The van der Waals surface area contributed by atoms with Crippen LogP contribution in [-0.2, 0) is 9.53 Å². The maximum absolute atomic E-state index is 14.9. The molecule has 0 saturated carbocycles. The molecule has 2 aromatic heterocycles. The van der Waals surface area contributed by atoms with Gasteiger partial charge in [0.2, 0.25) is 5.82 Å². The van der Waals surface area contributed by atoms with E-state index in [-0.39, 0.29) is 59.9 Å². The van der Waals surface area contributed by atoms with Crippen molar-refractivity contribution in [1.82, 2.24) is 24.9 Å². The molecule has 2 amide bonds. The normalized spacial score (nSPS) is 13.6. The highest BCUT2D eigenvalue weighted by atomic mass is 19.1. The monoisotopic (exact) mass is 505 g/mol. The van der Waals surface area contributed by atoms with Gasteiger partial charge < -0.3 is 24.0 Å². The Bertz CT molecular complexity index is 1520. The molecule has 1 N–H and O–H groups in total. The zero-order valence-corrected chi connectivity index (χ0v) is 19.6. The van der Waals surface area contributed by atoms with E-state index in [0.29, 0.717) is 5.56 Å². The van der Waals surface area contributed by atoms with Gasteiger partial charge in [0, 0.05) is 48.9 Å². The number of aromatic amines is 1. The van der Waals surface area contributed by atoms with Gasteiger partial charge in [0.1, 0.15) is 5.82 Å². The predicted octanol–water partition coefficient (Wildman–Crippen LogP) is 2.31. The highest BCUT2D eigenvalue weighted by molar-refractivity contribution is 6.45. The second-order valence-corrected chi connectivity index (χ2v) is 8.24. The largest absolute Gasteiger partial charge is 0.462 e. The van der Waals surface area contributed by atoms with Gasteiger partial charge in [0.25, 0.3) is 17.6 Å². The quantitative estimate of drug-likeness (QED) is 0.248. The Hall–Kier alpha value is -4.87. The topological polar surface area (TPSA) is 139 Å². The van der Waals surface area contributed by atoms with E-state index in [0.717, 1.165) is 13.2 Å². The second-order valence-electron chi connectivity index (χ2n) is 8.24. The number of esters is 1. The Balaban J connectivity index is 1.35. The summed E-state index contributed by atoms with van der Waals surface area (Å²) in [4.78, 5) is 60.1. The fourth-order valence-corrected chi connectivity index (χ4v) is 4.21. The number of H-pyrrole nitrogens is 1. The first-order chi connectivity index (χ1) is 17.9. The number of piperazine rings is 1. The summed E-state index contributed by atoms with van der Waals surface area (Å²) in [5, 5.41) is 3.61. The number of ketones is 1. The van der Waals surface area contributed by atoms with Gasteiger partial charge in [-0.05, 0) is 24.3 Å². The Kier molecular flexibility index (Phi) is 6.22. The van der Waals surface area contributed by atoms with Crippen LogP contribution >= 0.6 is 0 Å². The van der Waals surface area contributed by atoms with Crippen LogP contribution in [0.2, 0.25) is 0 Å². The summed E-state index contributed by atoms with van der Waals surface area (Å²) in [6.45, 7) is 0.857. The molecule has 3 heterocycles. The SMILES string of the molecule is COC(=O)c1nc(-c2ccc(F)c3c(C(=O)C(=O)N4CCN(C(=O)c5ccccc5)CC4)c[nH]c23)no1. The third kappa shape index (κ3) is 4.33. The number of fused-ring (bicyclic) bond motifs is 1. The number of halogens is 1. The number of carbonyl (C=O) groups excluding carboxylic acids is 4. The molecule has 0 aliphatic carbocycles. The first-order valence-corrected chi connectivity index (χ1v) is 11.3. The number of benzene rings is 2. The van der Waals surface area contributed by atoms with Gasteiger partial charge >= 0.3 is 11.9 Å². The Morgan fingerprint density at radius 1 is 1.00 bits per heavy atom. The van der Waals surface area contributed by atoms with Gasteiger partial charge in [0.15, 0.2) is 0 Å². The van der Waals surface area contributed by atoms with Crippen molar-refractivity contribution in [3.63, 3.8) is 0 Å². The van der Waals surface area contributed by atoms with Crippen LogP contribution in [0.1, 0.15) is 31.4 Å². The van der Waals surface area contributed by atoms with Crippen LogP contribution in [0, 0.1) is 5.82 Å². The molecule has 0 atom stereocenters. The van der Waals surface area contributed by atoms with Crippen molar-refractivity contribution in [2.45, 2.75) is 0 Å². The smallest absolute Gasteiger partial charge is 0.397 e. The Morgan fingerprint density at radius 3 is 2.41 bits per heavy atom. The van der Waals surface area contributed by atoms with E-state index in [1.54, 1.807) is 29.2 Å². The fourth-order valence-electron chi connectivity index (χ4n) is 4.21. The lowest BCUT2D eigenvalue weighted by Crippen LogP contribution is -2.52. The van der Waals surface area contributed by atoms with E-state index >= 15 is 0 Å². The molecular formula is C25H20FN5O6. The van der Waals surface area contributed by atoms with E-state index in [1.807, 2.05) is 6.07 Å². The van der Waals surface area contributed by atoms with E-state index < -0.39 is 29.4 Å². The number of aromatic nitrogens is 3. The number of nitrogens with zero attached hydrogens (tertiary/aromatic N) is 4. The van der Waals surface area contributed by atoms with Crippen molar-refractivity contribution >= 4 is 34.5 Å². The molecule has 0 spiro atoms. The van der Waals surface area contributed by atoms with Crippen LogP contribution in [0.4, 0.5) is 4.39 Å². The Morgan fingerprint density at radius 2 is 1.70 bits per heavy atom. The summed E-state index contributed by atoms with van der Waals surface area (Å²) < 4.78 is 24.3. The second kappa shape index (κ2) is 9.64. The minimum atomic E-state index is -0.895. The van der Waals surface area contributed by atoms with Crippen molar-refractivity contribution in [2.24, 2.45) is 0 Å². The number of rotatable bonds is 5. The molecule has 1 saturated heterocycles. The molecule has 2 aromatic carbocycles. The molecule has 4 aromatic rings. The van der Waals surface area contributed by atoms with Crippen molar-refractivity contribution in [2.75, 3.05) is 33.3 Å². The minimum Gasteiger partial charge on any atom is -0.462 e. The molecule has 1 aliphatic heterocycles. The van der Waals surface area contributed by atoms with Crippen molar-refractivity contribution < 1.29 is 32.8 Å².